The Morgan fingerprint density at radius 1 is 1.07 bits per heavy atom. The molecule has 150 valence electrons. The van der Waals surface area contributed by atoms with Gasteiger partial charge in [0, 0.05) is 36.8 Å². The Morgan fingerprint density at radius 2 is 1.90 bits per heavy atom. The first kappa shape index (κ1) is 18.5. The maximum atomic E-state index is 6.28. The van der Waals surface area contributed by atoms with Crippen molar-refractivity contribution in [2.45, 2.75) is 38.8 Å². The minimum atomic E-state index is 0.372. The molecule has 0 atom stereocenters. The molecule has 4 heterocycles. The van der Waals surface area contributed by atoms with Crippen molar-refractivity contribution < 1.29 is 0 Å². The number of fused-ring (bicyclic) bond motifs is 3. The van der Waals surface area contributed by atoms with Crippen LogP contribution in [0.15, 0.2) is 30.6 Å². The van der Waals surface area contributed by atoms with E-state index in [0.717, 1.165) is 72.9 Å². The summed E-state index contributed by atoms with van der Waals surface area (Å²) >= 11 is 6.28. The van der Waals surface area contributed by atoms with Gasteiger partial charge in [-0.1, -0.05) is 11.6 Å². The van der Waals surface area contributed by atoms with E-state index in [9.17, 15) is 0 Å². The molecule has 0 saturated carbocycles. The monoisotopic (exact) mass is 409 g/mol. The number of hydrogen-bond donors (Lipinski definition) is 0. The van der Waals surface area contributed by atoms with Gasteiger partial charge < -0.3 is 4.90 Å². The molecule has 1 fully saturated rings. The van der Waals surface area contributed by atoms with Crippen molar-refractivity contribution >= 4 is 17.4 Å². The summed E-state index contributed by atoms with van der Waals surface area (Å²) in [6, 6.07) is 6.12. The number of halogens is 1. The smallest absolute Gasteiger partial charge is 0.151 e. The van der Waals surface area contributed by atoms with E-state index in [4.69, 9.17) is 11.6 Å². The van der Waals surface area contributed by atoms with Gasteiger partial charge in [-0.05, 0) is 50.6 Å². The minimum absolute atomic E-state index is 0.372. The van der Waals surface area contributed by atoms with Gasteiger partial charge in [0.05, 0.1) is 24.1 Å². The van der Waals surface area contributed by atoms with E-state index in [1.165, 1.54) is 5.56 Å². The minimum Gasteiger partial charge on any atom is -0.355 e. The van der Waals surface area contributed by atoms with Gasteiger partial charge >= 0.3 is 0 Å². The van der Waals surface area contributed by atoms with Crippen molar-refractivity contribution in [1.29, 1.82) is 0 Å². The van der Waals surface area contributed by atoms with Crippen LogP contribution in [0, 0.1) is 6.92 Å². The molecule has 0 radical (unpaired) electrons. The second kappa shape index (κ2) is 7.39. The van der Waals surface area contributed by atoms with Crippen LogP contribution in [-0.4, -0.2) is 49.8 Å². The van der Waals surface area contributed by atoms with E-state index >= 15 is 0 Å². The summed E-state index contributed by atoms with van der Waals surface area (Å²) in [7, 11) is 2.11. The van der Waals surface area contributed by atoms with Crippen molar-refractivity contribution in [2.24, 2.45) is 0 Å². The Bertz CT molecular complexity index is 1040. The SMILES string of the molecule is Cc1cncc(N2CCC(c3nnc4n3-c3ccc(Cl)cc3CN(C)C4)CC2)n1. The van der Waals surface area contributed by atoms with Gasteiger partial charge in [-0.25, -0.2) is 4.98 Å². The zero-order valence-electron chi connectivity index (χ0n) is 16.7. The van der Waals surface area contributed by atoms with Crippen LogP contribution in [0.2, 0.25) is 5.02 Å². The molecule has 2 aliphatic rings. The van der Waals surface area contributed by atoms with Gasteiger partial charge in [-0.2, -0.15) is 0 Å². The Labute approximate surface area is 175 Å². The maximum Gasteiger partial charge on any atom is 0.151 e. The number of aryl methyl sites for hydroxylation is 1. The fourth-order valence-corrected chi connectivity index (χ4v) is 4.61. The fourth-order valence-electron chi connectivity index (χ4n) is 4.42. The maximum absolute atomic E-state index is 6.28. The molecule has 2 aromatic heterocycles. The molecule has 0 aliphatic carbocycles. The highest BCUT2D eigenvalue weighted by Gasteiger charge is 2.29. The standard InChI is InChI=1S/C21H24ClN7/c1-14-10-23-11-19(24-14)28-7-5-15(6-8-28)21-26-25-20-13-27(2)12-16-9-17(22)3-4-18(16)29(20)21/h3-4,9-11,15H,5-8,12-13H2,1-2H3. The number of aromatic nitrogens is 5. The third-order valence-electron chi connectivity index (χ3n) is 5.82. The van der Waals surface area contributed by atoms with E-state index in [2.05, 4.69) is 53.7 Å². The van der Waals surface area contributed by atoms with Gasteiger partial charge in [0.1, 0.15) is 11.6 Å². The Morgan fingerprint density at radius 3 is 2.69 bits per heavy atom. The van der Waals surface area contributed by atoms with Crippen molar-refractivity contribution in [3.63, 3.8) is 0 Å². The highest BCUT2D eigenvalue weighted by Crippen LogP contribution is 2.33. The molecule has 0 unspecified atom stereocenters. The number of nitrogens with zero attached hydrogens (tertiary/aromatic N) is 7. The molecule has 7 nitrogen and oxygen atoms in total. The van der Waals surface area contributed by atoms with E-state index in [1.807, 2.05) is 19.2 Å². The molecule has 0 spiro atoms. The molecular formula is C21H24ClN7. The Hall–Kier alpha value is -2.51. The van der Waals surface area contributed by atoms with Crippen LogP contribution in [-0.2, 0) is 13.1 Å². The lowest BCUT2D eigenvalue weighted by atomic mass is 9.95. The number of hydrogen-bond acceptors (Lipinski definition) is 6. The van der Waals surface area contributed by atoms with Crippen LogP contribution in [0.5, 0.6) is 0 Å². The van der Waals surface area contributed by atoms with Gasteiger partial charge in [0.2, 0.25) is 0 Å². The molecule has 3 aromatic rings. The molecule has 0 bridgehead atoms. The van der Waals surface area contributed by atoms with Crippen LogP contribution >= 0.6 is 11.6 Å². The number of anilines is 1. The van der Waals surface area contributed by atoms with E-state index < -0.39 is 0 Å². The molecule has 29 heavy (non-hydrogen) atoms. The lowest BCUT2D eigenvalue weighted by Crippen LogP contribution is -2.34. The molecule has 0 amide bonds. The molecule has 0 N–H and O–H groups in total. The van der Waals surface area contributed by atoms with E-state index in [1.54, 1.807) is 6.20 Å². The summed E-state index contributed by atoms with van der Waals surface area (Å²) in [6.45, 7) is 5.49. The Balaban J connectivity index is 1.44. The fraction of sp³-hybridized carbons (Fsp3) is 0.429. The van der Waals surface area contributed by atoms with Crippen LogP contribution < -0.4 is 4.90 Å². The second-order valence-electron chi connectivity index (χ2n) is 8.04. The lowest BCUT2D eigenvalue weighted by molar-refractivity contribution is 0.315. The zero-order valence-corrected chi connectivity index (χ0v) is 17.5. The highest BCUT2D eigenvalue weighted by atomic mass is 35.5. The zero-order chi connectivity index (χ0) is 20.0. The van der Waals surface area contributed by atoms with E-state index in [0.29, 0.717) is 5.92 Å². The third kappa shape index (κ3) is 3.49. The summed E-state index contributed by atoms with van der Waals surface area (Å²) in [5.74, 6) is 3.40. The van der Waals surface area contributed by atoms with E-state index in [-0.39, 0.29) is 0 Å². The molecule has 1 aromatic carbocycles. The van der Waals surface area contributed by atoms with Crippen molar-refractivity contribution in [2.75, 3.05) is 25.0 Å². The van der Waals surface area contributed by atoms with Crippen molar-refractivity contribution in [3.05, 3.63) is 58.5 Å². The molecule has 2 aliphatic heterocycles. The lowest BCUT2D eigenvalue weighted by Gasteiger charge is -2.32. The third-order valence-corrected chi connectivity index (χ3v) is 6.05. The van der Waals surface area contributed by atoms with Gasteiger partial charge in [-0.3, -0.25) is 14.5 Å². The molecule has 1 saturated heterocycles. The predicted molar refractivity (Wildman–Crippen MR) is 112 cm³/mol. The predicted octanol–water partition coefficient (Wildman–Crippen LogP) is 3.35. The second-order valence-corrected chi connectivity index (χ2v) is 8.47. The summed E-state index contributed by atoms with van der Waals surface area (Å²) in [4.78, 5) is 13.5. The average molecular weight is 410 g/mol. The van der Waals surface area contributed by atoms with Crippen LogP contribution in [0.25, 0.3) is 5.69 Å². The number of benzene rings is 1. The summed E-state index contributed by atoms with van der Waals surface area (Å²) < 4.78 is 2.27. The van der Waals surface area contributed by atoms with Crippen LogP contribution in [0.1, 0.15) is 41.7 Å². The van der Waals surface area contributed by atoms with Crippen molar-refractivity contribution in [1.82, 2.24) is 29.6 Å². The summed E-state index contributed by atoms with van der Waals surface area (Å²) in [5, 5.41) is 9.96. The first-order valence-corrected chi connectivity index (χ1v) is 10.4. The topological polar surface area (TPSA) is 63.0 Å². The normalized spacial score (nSPS) is 17.7. The van der Waals surface area contributed by atoms with Gasteiger partial charge in [0.25, 0.3) is 0 Å². The molecular weight excluding hydrogens is 386 g/mol. The summed E-state index contributed by atoms with van der Waals surface area (Å²) in [6.07, 6.45) is 5.69. The number of rotatable bonds is 2. The van der Waals surface area contributed by atoms with Gasteiger partial charge in [-0.15, -0.1) is 10.2 Å². The molecule has 8 heteroatoms. The largest absolute Gasteiger partial charge is 0.355 e. The highest BCUT2D eigenvalue weighted by molar-refractivity contribution is 6.30. The average Bonchev–Trinajstić information content (AvgIpc) is 3.05. The van der Waals surface area contributed by atoms with Gasteiger partial charge in [0.15, 0.2) is 5.82 Å². The summed E-state index contributed by atoms with van der Waals surface area (Å²) in [5.41, 5.74) is 3.32. The van der Waals surface area contributed by atoms with Crippen LogP contribution in [0.4, 0.5) is 5.82 Å². The first-order chi connectivity index (χ1) is 14.1. The van der Waals surface area contributed by atoms with Crippen LogP contribution in [0.3, 0.4) is 0 Å². The van der Waals surface area contributed by atoms with Crippen molar-refractivity contribution in [3.8, 4) is 5.69 Å². The quantitative estimate of drug-likeness (QED) is 0.646. The Kier molecular flexibility index (Phi) is 4.72. The molecule has 5 rings (SSSR count). The number of piperidine rings is 1. The first-order valence-electron chi connectivity index (χ1n) is 10.0.